The van der Waals surface area contributed by atoms with E-state index in [9.17, 15) is 35.5 Å². The topological polar surface area (TPSA) is 42.0 Å². The molecule has 0 unspecified atom stereocenters. The van der Waals surface area contributed by atoms with Crippen LogP contribution in [0.4, 0.5) is 35.5 Å². The van der Waals surface area contributed by atoms with Crippen molar-refractivity contribution in [3.05, 3.63) is 29.6 Å². The fraction of sp³-hybridized carbons (Fsp3) is 0.650. The first kappa shape index (κ1) is 24.4. The van der Waals surface area contributed by atoms with Gasteiger partial charge in [-0.1, -0.05) is 0 Å². The molecule has 0 bridgehead atoms. The van der Waals surface area contributed by atoms with Crippen LogP contribution in [-0.2, 0) is 11.3 Å². The molecule has 3 rings (SSSR count). The van der Waals surface area contributed by atoms with Gasteiger partial charge in [0.05, 0.1) is 7.11 Å². The molecule has 0 atom stereocenters. The summed E-state index contributed by atoms with van der Waals surface area (Å²) in [6.07, 6.45) is -15.0. The van der Waals surface area contributed by atoms with E-state index in [1.54, 1.807) is 0 Å². The van der Waals surface area contributed by atoms with Crippen LogP contribution in [0.15, 0.2) is 18.2 Å². The highest BCUT2D eigenvalue weighted by Crippen LogP contribution is 2.41. The molecule has 1 amide bonds. The molecule has 1 spiro atoms. The molecule has 2 saturated heterocycles. The van der Waals surface area contributed by atoms with Gasteiger partial charge >= 0.3 is 18.4 Å². The van der Waals surface area contributed by atoms with Crippen molar-refractivity contribution in [2.24, 2.45) is 0 Å². The quantitative estimate of drug-likeness (QED) is 0.585. The maximum atomic E-state index is 13.7. The van der Waals surface area contributed by atoms with Crippen molar-refractivity contribution in [1.29, 1.82) is 0 Å². The predicted octanol–water partition coefficient (Wildman–Crippen LogP) is 4.89. The van der Waals surface area contributed by atoms with Crippen molar-refractivity contribution in [3.8, 4) is 5.75 Å². The lowest BCUT2D eigenvalue weighted by atomic mass is 9.85. The maximum Gasteiger partial charge on any atom is 0.434 e. The minimum Gasteiger partial charge on any atom is -0.496 e. The molecular formula is C20H23F7N2O3. The van der Waals surface area contributed by atoms with Crippen molar-refractivity contribution in [1.82, 2.24) is 9.80 Å². The van der Waals surface area contributed by atoms with E-state index >= 15 is 0 Å². The third-order valence-corrected chi connectivity index (χ3v) is 6.11. The molecule has 0 radical (unpaired) electrons. The monoisotopic (exact) mass is 472 g/mol. The number of hydrogen-bond donors (Lipinski definition) is 0. The van der Waals surface area contributed by atoms with Crippen LogP contribution in [0.25, 0.3) is 0 Å². The lowest BCUT2D eigenvalue weighted by molar-refractivity contribution is -0.308. The summed E-state index contributed by atoms with van der Waals surface area (Å²) in [6.45, 7) is 0.972. The molecule has 0 N–H and O–H groups in total. The van der Waals surface area contributed by atoms with Crippen molar-refractivity contribution < 1.29 is 45.0 Å². The summed E-state index contributed by atoms with van der Waals surface area (Å²) < 4.78 is 98.8. The van der Waals surface area contributed by atoms with Crippen LogP contribution < -0.4 is 4.74 Å². The van der Waals surface area contributed by atoms with Crippen LogP contribution in [0.5, 0.6) is 5.75 Å². The van der Waals surface area contributed by atoms with E-state index in [0.717, 1.165) is 17.7 Å². The lowest BCUT2D eigenvalue weighted by Gasteiger charge is -2.45. The molecule has 1 aromatic carbocycles. The Morgan fingerprint density at radius 1 is 1.06 bits per heavy atom. The summed E-state index contributed by atoms with van der Waals surface area (Å²) in [5, 5.41) is 0. The summed E-state index contributed by atoms with van der Waals surface area (Å²) >= 11 is 0. The summed E-state index contributed by atoms with van der Waals surface area (Å²) in [7, 11) is 1.47. The molecule has 1 aromatic rings. The van der Waals surface area contributed by atoms with E-state index in [4.69, 9.17) is 4.74 Å². The molecule has 0 aliphatic carbocycles. The number of carbonyl (C=O) groups excluding carboxylic acids is 1. The van der Waals surface area contributed by atoms with Gasteiger partial charge in [0, 0.05) is 30.7 Å². The Morgan fingerprint density at radius 2 is 1.69 bits per heavy atom. The van der Waals surface area contributed by atoms with Crippen LogP contribution in [-0.4, -0.2) is 66.6 Å². The third kappa shape index (κ3) is 5.21. The SMILES string of the molecule is COc1ccc(F)cc1CN1CCCC12CCN(C(=O)OC(C(F)(F)F)C(F)(F)F)CC2. The Labute approximate surface area is 180 Å². The average molecular weight is 472 g/mol. The number of nitrogens with zero attached hydrogens (tertiary/aromatic N) is 2. The molecular weight excluding hydrogens is 449 g/mol. The van der Waals surface area contributed by atoms with Crippen molar-refractivity contribution in [2.45, 2.75) is 56.2 Å². The van der Waals surface area contributed by atoms with E-state index in [2.05, 4.69) is 9.64 Å². The Bertz CT molecular complexity index is 806. The van der Waals surface area contributed by atoms with Crippen molar-refractivity contribution in [3.63, 3.8) is 0 Å². The van der Waals surface area contributed by atoms with Gasteiger partial charge in [-0.2, -0.15) is 26.3 Å². The number of alkyl halides is 6. The van der Waals surface area contributed by atoms with Gasteiger partial charge in [0.25, 0.3) is 6.10 Å². The summed E-state index contributed by atoms with van der Waals surface area (Å²) in [6, 6.07) is 4.16. The van der Waals surface area contributed by atoms with E-state index in [1.807, 2.05) is 0 Å². The first-order valence-electron chi connectivity index (χ1n) is 10.0. The second-order valence-electron chi connectivity index (χ2n) is 8.04. The van der Waals surface area contributed by atoms with Gasteiger partial charge in [0.1, 0.15) is 11.6 Å². The molecule has 2 heterocycles. The highest BCUT2D eigenvalue weighted by molar-refractivity contribution is 5.68. The summed E-state index contributed by atoms with van der Waals surface area (Å²) in [5.74, 6) is 0.0929. The van der Waals surface area contributed by atoms with Crippen LogP contribution >= 0.6 is 0 Å². The average Bonchev–Trinajstić information content (AvgIpc) is 3.06. The van der Waals surface area contributed by atoms with Crippen molar-refractivity contribution in [2.75, 3.05) is 26.7 Å². The molecule has 0 aromatic heterocycles. The number of piperidine rings is 1. The first-order chi connectivity index (χ1) is 14.9. The Hall–Kier alpha value is -2.24. The molecule has 2 aliphatic rings. The fourth-order valence-corrected chi connectivity index (χ4v) is 4.48. The normalized spacial score (nSPS) is 19.6. The molecule has 32 heavy (non-hydrogen) atoms. The van der Waals surface area contributed by atoms with Crippen LogP contribution in [0.2, 0.25) is 0 Å². The van der Waals surface area contributed by atoms with Gasteiger partial charge in [-0.05, 0) is 50.4 Å². The number of rotatable bonds is 4. The van der Waals surface area contributed by atoms with Gasteiger partial charge in [0.2, 0.25) is 0 Å². The second-order valence-corrected chi connectivity index (χ2v) is 8.04. The standard InChI is InChI=1S/C20H23F7N2O3/c1-31-15-4-3-14(21)11-13(15)12-29-8-2-5-18(29)6-9-28(10-7-18)17(30)32-16(19(22,23)24)20(25,26)27/h3-4,11,16H,2,5-10,12H2,1H3. The van der Waals surface area contributed by atoms with Gasteiger partial charge in [-0.25, -0.2) is 9.18 Å². The van der Waals surface area contributed by atoms with Gasteiger partial charge in [-0.3, -0.25) is 4.90 Å². The molecule has 2 fully saturated rings. The highest BCUT2D eigenvalue weighted by atomic mass is 19.4. The Balaban J connectivity index is 1.66. The zero-order valence-electron chi connectivity index (χ0n) is 17.2. The molecule has 0 saturated carbocycles. The van der Waals surface area contributed by atoms with E-state index in [0.29, 0.717) is 37.2 Å². The third-order valence-electron chi connectivity index (χ3n) is 6.11. The zero-order valence-corrected chi connectivity index (χ0v) is 17.2. The number of amides is 1. The number of benzene rings is 1. The Morgan fingerprint density at radius 3 is 2.25 bits per heavy atom. The largest absolute Gasteiger partial charge is 0.496 e. The highest BCUT2D eigenvalue weighted by Gasteiger charge is 2.60. The van der Waals surface area contributed by atoms with Gasteiger partial charge < -0.3 is 14.4 Å². The van der Waals surface area contributed by atoms with E-state index in [1.165, 1.54) is 25.3 Å². The predicted molar refractivity (Wildman–Crippen MR) is 98.5 cm³/mol. The first-order valence-corrected chi connectivity index (χ1v) is 10.0. The molecule has 5 nitrogen and oxygen atoms in total. The number of carbonyl (C=O) groups is 1. The smallest absolute Gasteiger partial charge is 0.434 e. The van der Waals surface area contributed by atoms with Gasteiger partial charge in [0.15, 0.2) is 0 Å². The number of hydrogen-bond acceptors (Lipinski definition) is 4. The molecule has 12 heteroatoms. The van der Waals surface area contributed by atoms with Crippen LogP contribution in [0.1, 0.15) is 31.2 Å². The van der Waals surface area contributed by atoms with E-state index in [-0.39, 0.29) is 18.6 Å². The summed E-state index contributed by atoms with van der Waals surface area (Å²) in [4.78, 5) is 15.0. The van der Waals surface area contributed by atoms with Crippen LogP contribution in [0, 0.1) is 5.82 Å². The molecule has 180 valence electrons. The maximum absolute atomic E-state index is 13.7. The summed E-state index contributed by atoms with van der Waals surface area (Å²) in [5.41, 5.74) is 0.246. The minimum atomic E-state index is -5.75. The van der Waals surface area contributed by atoms with Gasteiger partial charge in [-0.15, -0.1) is 0 Å². The van der Waals surface area contributed by atoms with Crippen LogP contribution in [0.3, 0.4) is 0 Å². The zero-order chi connectivity index (χ0) is 23.7. The van der Waals surface area contributed by atoms with Crippen molar-refractivity contribution >= 4 is 6.09 Å². The number of ether oxygens (including phenoxy) is 2. The lowest BCUT2D eigenvalue weighted by Crippen LogP contribution is -2.54. The number of methoxy groups -OCH3 is 1. The fourth-order valence-electron chi connectivity index (χ4n) is 4.48. The molecule has 2 aliphatic heterocycles. The van der Waals surface area contributed by atoms with E-state index < -0.39 is 30.4 Å². The number of likely N-dealkylation sites (tertiary alicyclic amines) is 2. The second kappa shape index (κ2) is 8.95. The minimum absolute atomic E-state index is 0.0436. The Kier molecular flexibility index (Phi) is 6.83. The number of halogens is 7.